The quantitative estimate of drug-likeness (QED) is 0.692. The lowest BCUT2D eigenvalue weighted by Gasteiger charge is -2.32. The Kier molecular flexibility index (Phi) is 5.29. The number of piperidine rings is 1. The number of likely N-dealkylation sites (tertiary alicyclic amines) is 1. The van der Waals surface area contributed by atoms with Crippen molar-refractivity contribution < 1.29 is 9.18 Å². The van der Waals surface area contributed by atoms with Crippen LogP contribution in [0.25, 0.3) is 0 Å². The number of aromatic nitrogens is 3. The largest absolute Gasteiger partial charge is 0.355 e. The van der Waals surface area contributed by atoms with Gasteiger partial charge in [-0.1, -0.05) is 6.07 Å². The summed E-state index contributed by atoms with van der Waals surface area (Å²) in [5.41, 5.74) is 4.80. The SMILES string of the molecule is Cc1cc(Nc2cccc(F)c2)cc(C2CCCN(C(=O)c3cn[nH]c3C)C2)n1. The summed E-state index contributed by atoms with van der Waals surface area (Å²) in [7, 11) is 0. The lowest BCUT2D eigenvalue weighted by molar-refractivity contribution is 0.0705. The molecule has 6 nitrogen and oxygen atoms in total. The molecule has 1 atom stereocenters. The lowest BCUT2D eigenvalue weighted by atomic mass is 9.93. The summed E-state index contributed by atoms with van der Waals surface area (Å²) in [6.45, 7) is 5.16. The van der Waals surface area contributed by atoms with Crippen molar-refractivity contribution in [2.45, 2.75) is 32.6 Å². The van der Waals surface area contributed by atoms with E-state index in [4.69, 9.17) is 4.98 Å². The summed E-state index contributed by atoms with van der Waals surface area (Å²) >= 11 is 0. The topological polar surface area (TPSA) is 73.9 Å². The first kappa shape index (κ1) is 19.1. The van der Waals surface area contributed by atoms with E-state index in [1.807, 2.05) is 36.9 Å². The van der Waals surface area contributed by atoms with Crippen LogP contribution in [-0.4, -0.2) is 39.1 Å². The van der Waals surface area contributed by atoms with E-state index in [1.54, 1.807) is 12.3 Å². The molecule has 0 aliphatic carbocycles. The van der Waals surface area contributed by atoms with Gasteiger partial charge in [-0.3, -0.25) is 14.9 Å². The first-order valence-electron chi connectivity index (χ1n) is 9.80. The van der Waals surface area contributed by atoms with Crippen LogP contribution in [-0.2, 0) is 0 Å². The third kappa shape index (κ3) is 4.29. The second-order valence-corrected chi connectivity index (χ2v) is 7.56. The maximum atomic E-state index is 13.5. The van der Waals surface area contributed by atoms with Crippen molar-refractivity contribution in [2.75, 3.05) is 18.4 Å². The van der Waals surface area contributed by atoms with Crippen LogP contribution in [0.1, 0.15) is 46.2 Å². The molecule has 0 radical (unpaired) electrons. The lowest BCUT2D eigenvalue weighted by Crippen LogP contribution is -2.39. The van der Waals surface area contributed by atoms with E-state index >= 15 is 0 Å². The van der Waals surface area contributed by atoms with Crippen molar-refractivity contribution in [3.8, 4) is 0 Å². The zero-order valence-electron chi connectivity index (χ0n) is 16.6. The minimum Gasteiger partial charge on any atom is -0.355 e. The predicted octanol–water partition coefficient (Wildman–Crippen LogP) is 4.32. The van der Waals surface area contributed by atoms with Gasteiger partial charge in [0.05, 0.1) is 11.8 Å². The van der Waals surface area contributed by atoms with Crippen molar-refractivity contribution in [1.29, 1.82) is 0 Å². The number of halogens is 1. The second-order valence-electron chi connectivity index (χ2n) is 7.56. The minimum atomic E-state index is -0.281. The van der Waals surface area contributed by atoms with E-state index in [-0.39, 0.29) is 17.6 Å². The molecule has 0 bridgehead atoms. The maximum Gasteiger partial charge on any atom is 0.257 e. The number of pyridine rings is 1. The summed E-state index contributed by atoms with van der Waals surface area (Å²) in [6.07, 6.45) is 3.49. The molecule has 1 aliphatic heterocycles. The average molecular weight is 393 g/mol. The summed E-state index contributed by atoms with van der Waals surface area (Å²) in [4.78, 5) is 19.5. The van der Waals surface area contributed by atoms with Crippen molar-refractivity contribution in [3.05, 3.63) is 71.1 Å². The van der Waals surface area contributed by atoms with E-state index in [9.17, 15) is 9.18 Å². The Morgan fingerprint density at radius 2 is 2.10 bits per heavy atom. The van der Waals surface area contributed by atoms with Gasteiger partial charge < -0.3 is 10.2 Å². The number of carbonyl (C=O) groups excluding carboxylic acids is 1. The molecule has 7 heteroatoms. The highest BCUT2D eigenvalue weighted by Gasteiger charge is 2.28. The summed E-state index contributed by atoms with van der Waals surface area (Å²) in [6, 6.07) is 10.3. The number of aromatic amines is 1. The van der Waals surface area contributed by atoms with Crippen molar-refractivity contribution in [3.63, 3.8) is 0 Å². The van der Waals surface area contributed by atoms with Gasteiger partial charge in [0.1, 0.15) is 5.82 Å². The first-order valence-corrected chi connectivity index (χ1v) is 9.80. The molecule has 3 heterocycles. The number of amides is 1. The van der Waals surface area contributed by atoms with Crippen LogP contribution >= 0.6 is 0 Å². The Labute approximate surface area is 169 Å². The van der Waals surface area contributed by atoms with E-state index in [2.05, 4.69) is 15.5 Å². The number of hydrogen-bond donors (Lipinski definition) is 2. The number of benzene rings is 1. The van der Waals surface area contributed by atoms with Crippen LogP contribution in [0.3, 0.4) is 0 Å². The zero-order valence-corrected chi connectivity index (χ0v) is 16.6. The number of anilines is 2. The molecule has 3 aromatic rings. The van der Waals surface area contributed by atoms with E-state index in [0.29, 0.717) is 17.8 Å². The number of aryl methyl sites for hydroxylation is 2. The zero-order chi connectivity index (χ0) is 20.4. The Morgan fingerprint density at radius 1 is 1.24 bits per heavy atom. The number of nitrogens with zero attached hydrogens (tertiary/aromatic N) is 3. The first-order chi connectivity index (χ1) is 14.0. The van der Waals surface area contributed by atoms with Gasteiger partial charge in [0, 0.05) is 47.5 Å². The van der Waals surface area contributed by atoms with Gasteiger partial charge in [-0.05, 0) is 57.0 Å². The van der Waals surface area contributed by atoms with E-state index in [0.717, 1.165) is 42.2 Å². The monoisotopic (exact) mass is 393 g/mol. The van der Waals surface area contributed by atoms with Gasteiger partial charge in [0.2, 0.25) is 0 Å². The highest BCUT2D eigenvalue weighted by Crippen LogP contribution is 2.29. The molecule has 0 saturated carbocycles. The van der Waals surface area contributed by atoms with Gasteiger partial charge in [0.15, 0.2) is 0 Å². The Morgan fingerprint density at radius 3 is 2.86 bits per heavy atom. The van der Waals surface area contributed by atoms with E-state index in [1.165, 1.54) is 12.1 Å². The molecular weight excluding hydrogens is 369 g/mol. The van der Waals surface area contributed by atoms with Gasteiger partial charge >= 0.3 is 0 Å². The molecule has 4 rings (SSSR count). The second kappa shape index (κ2) is 8.03. The van der Waals surface area contributed by atoms with Gasteiger partial charge in [-0.25, -0.2) is 4.39 Å². The minimum absolute atomic E-state index is 0.00622. The Bertz CT molecular complexity index is 1030. The average Bonchev–Trinajstić information content (AvgIpc) is 3.13. The van der Waals surface area contributed by atoms with Crippen molar-refractivity contribution in [2.24, 2.45) is 0 Å². The van der Waals surface area contributed by atoms with Crippen molar-refractivity contribution >= 4 is 17.3 Å². The number of nitrogens with one attached hydrogen (secondary N) is 2. The summed E-state index contributed by atoms with van der Waals surface area (Å²) in [5.74, 6) is -0.114. The molecule has 0 spiro atoms. The normalized spacial score (nSPS) is 16.7. The molecule has 150 valence electrons. The Balaban J connectivity index is 1.53. The number of H-pyrrole nitrogens is 1. The van der Waals surface area contributed by atoms with Gasteiger partial charge in [-0.2, -0.15) is 5.10 Å². The van der Waals surface area contributed by atoms with Crippen LogP contribution in [0.4, 0.5) is 15.8 Å². The standard InChI is InChI=1S/C22H24FN5O/c1-14-9-19(26-18-7-3-6-17(23)10-18)11-21(25-14)16-5-4-8-28(13-16)22(29)20-12-24-27-15(20)2/h3,6-7,9-12,16H,4-5,8,13H2,1-2H3,(H,24,27)(H,25,26). The molecule has 1 aliphatic rings. The fourth-order valence-electron chi connectivity index (χ4n) is 3.85. The molecule has 1 fully saturated rings. The highest BCUT2D eigenvalue weighted by molar-refractivity contribution is 5.95. The number of rotatable bonds is 4. The number of hydrogen-bond acceptors (Lipinski definition) is 4. The molecule has 1 amide bonds. The molecule has 1 saturated heterocycles. The molecule has 29 heavy (non-hydrogen) atoms. The Hall–Kier alpha value is -3.22. The summed E-state index contributed by atoms with van der Waals surface area (Å²) < 4.78 is 13.5. The molecule has 1 aromatic carbocycles. The fourth-order valence-corrected chi connectivity index (χ4v) is 3.85. The van der Waals surface area contributed by atoms with Crippen LogP contribution < -0.4 is 5.32 Å². The molecular formula is C22H24FN5O. The van der Waals surface area contributed by atoms with Crippen LogP contribution in [0.5, 0.6) is 0 Å². The third-order valence-electron chi connectivity index (χ3n) is 5.27. The molecule has 2 aromatic heterocycles. The molecule has 2 N–H and O–H groups in total. The van der Waals surface area contributed by atoms with Crippen LogP contribution in [0.15, 0.2) is 42.6 Å². The smallest absolute Gasteiger partial charge is 0.257 e. The third-order valence-corrected chi connectivity index (χ3v) is 5.27. The number of carbonyl (C=O) groups is 1. The van der Waals surface area contributed by atoms with Crippen LogP contribution in [0.2, 0.25) is 0 Å². The fraction of sp³-hybridized carbons (Fsp3) is 0.318. The van der Waals surface area contributed by atoms with Crippen LogP contribution in [0, 0.1) is 19.7 Å². The highest BCUT2D eigenvalue weighted by atomic mass is 19.1. The van der Waals surface area contributed by atoms with Crippen molar-refractivity contribution in [1.82, 2.24) is 20.1 Å². The maximum absolute atomic E-state index is 13.5. The predicted molar refractivity (Wildman–Crippen MR) is 110 cm³/mol. The van der Waals surface area contributed by atoms with E-state index < -0.39 is 0 Å². The van der Waals surface area contributed by atoms with Gasteiger partial charge in [-0.15, -0.1) is 0 Å². The molecule has 1 unspecified atom stereocenters. The summed E-state index contributed by atoms with van der Waals surface area (Å²) in [5, 5.41) is 10.0. The van der Waals surface area contributed by atoms with Gasteiger partial charge in [0.25, 0.3) is 5.91 Å².